The fourth-order valence-corrected chi connectivity index (χ4v) is 6.13. The monoisotopic (exact) mass is 631 g/mol. The fourth-order valence-electron chi connectivity index (χ4n) is 5.78. The highest BCUT2D eigenvalue weighted by atomic mass is 35.5. The predicted molar refractivity (Wildman–Crippen MR) is 179 cm³/mol. The summed E-state index contributed by atoms with van der Waals surface area (Å²) in [6, 6.07) is 20.4. The van der Waals surface area contributed by atoms with Crippen molar-refractivity contribution in [1.29, 1.82) is 0 Å². The molecule has 1 aliphatic heterocycles. The van der Waals surface area contributed by atoms with Crippen LogP contribution in [-0.4, -0.2) is 53.6 Å². The molecule has 9 heteroatoms. The van der Waals surface area contributed by atoms with Gasteiger partial charge in [0.25, 0.3) is 0 Å². The minimum Gasteiger partial charge on any atom is -0.495 e. The quantitative estimate of drug-likeness (QED) is 0.167. The molecule has 0 bridgehead atoms. The number of aromatic carboxylic acids is 1. The number of carboxylic acid groups (broad SMARTS) is 1. The SMILES string of the molecule is CCC(C)c1ccccc1NC(Nc1ccc(CC(=O)N2C[C@H](Cl)CC2COc2ccc(C(=O)O)cc2)cc1OC)=C1CCC1. The molecule has 0 aromatic heterocycles. The minimum absolute atomic E-state index is 0.0312. The van der Waals surface area contributed by atoms with Crippen LogP contribution in [0.5, 0.6) is 11.5 Å². The van der Waals surface area contributed by atoms with Crippen molar-refractivity contribution in [2.75, 3.05) is 30.9 Å². The maximum atomic E-state index is 13.5. The zero-order chi connectivity index (χ0) is 31.9. The molecule has 2 fully saturated rings. The number of hydrogen-bond donors (Lipinski definition) is 3. The summed E-state index contributed by atoms with van der Waals surface area (Å²) in [6.45, 7) is 5.18. The van der Waals surface area contributed by atoms with Crippen molar-refractivity contribution in [3.63, 3.8) is 0 Å². The van der Waals surface area contributed by atoms with Gasteiger partial charge in [-0.2, -0.15) is 0 Å². The number of benzene rings is 3. The average molecular weight is 632 g/mol. The van der Waals surface area contributed by atoms with Crippen LogP contribution in [0.15, 0.2) is 78.1 Å². The summed E-state index contributed by atoms with van der Waals surface area (Å²) < 4.78 is 11.7. The Morgan fingerprint density at radius 3 is 2.44 bits per heavy atom. The fraction of sp³-hybridized carbons (Fsp3) is 0.389. The summed E-state index contributed by atoms with van der Waals surface area (Å²) in [6.07, 6.45) is 5.16. The first-order valence-corrected chi connectivity index (χ1v) is 16.1. The molecule has 3 atom stereocenters. The molecule has 3 N–H and O–H groups in total. The van der Waals surface area contributed by atoms with Gasteiger partial charge >= 0.3 is 5.97 Å². The van der Waals surface area contributed by atoms with Gasteiger partial charge in [-0.25, -0.2) is 4.79 Å². The molecule has 1 aliphatic carbocycles. The molecule has 8 nitrogen and oxygen atoms in total. The lowest BCUT2D eigenvalue weighted by molar-refractivity contribution is -0.131. The lowest BCUT2D eigenvalue weighted by Crippen LogP contribution is -2.40. The molecule has 2 aliphatic rings. The summed E-state index contributed by atoms with van der Waals surface area (Å²) in [7, 11) is 1.64. The largest absolute Gasteiger partial charge is 0.495 e. The molecule has 1 amide bonds. The maximum Gasteiger partial charge on any atom is 0.335 e. The first kappa shape index (κ1) is 32.2. The lowest BCUT2D eigenvalue weighted by Gasteiger charge is -2.27. The number of carbonyl (C=O) groups excluding carboxylic acids is 1. The third-order valence-corrected chi connectivity index (χ3v) is 9.10. The van der Waals surface area contributed by atoms with Crippen LogP contribution in [0.4, 0.5) is 11.4 Å². The summed E-state index contributed by atoms with van der Waals surface area (Å²) in [5.74, 6) is 1.62. The van der Waals surface area contributed by atoms with Crippen molar-refractivity contribution in [2.24, 2.45) is 0 Å². The van der Waals surface area contributed by atoms with Crippen molar-refractivity contribution < 1.29 is 24.2 Å². The number of carbonyl (C=O) groups is 2. The van der Waals surface area contributed by atoms with Gasteiger partial charge in [-0.1, -0.05) is 38.1 Å². The van der Waals surface area contributed by atoms with Gasteiger partial charge in [0.1, 0.15) is 23.9 Å². The molecule has 238 valence electrons. The second-order valence-corrected chi connectivity index (χ2v) is 12.5. The van der Waals surface area contributed by atoms with Gasteiger partial charge in [0.05, 0.1) is 36.2 Å². The van der Waals surface area contributed by atoms with Gasteiger partial charge in [-0.05, 0) is 97.2 Å². The van der Waals surface area contributed by atoms with Crippen LogP contribution in [0.25, 0.3) is 0 Å². The number of amides is 1. The average Bonchev–Trinajstić information content (AvgIpc) is 3.40. The molecule has 3 aromatic carbocycles. The summed E-state index contributed by atoms with van der Waals surface area (Å²) in [5, 5.41) is 16.3. The molecule has 2 unspecified atom stereocenters. The number of anilines is 2. The van der Waals surface area contributed by atoms with Gasteiger partial charge in [-0.3, -0.25) is 4.79 Å². The van der Waals surface area contributed by atoms with E-state index in [1.165, 1.54) is 29.7 Å². The summed E-state index contributed by atoms with van der Waals surface area (Å²) in [5.41, 5.74) is 5.62. The van der Waals surface area contributed by atoms with Crippen LogP contribution < -0.4 is 20.1 Å². The van der Waals surface area contributed by atoms with Crippen LogP contribution >= 0.6 is 11.6 Å². The number of para-hydroxylation sites is 1. The van der Waals surface area contributed by atoms with E-state index in [0.717, 1.165) is 42.0 Å². The van der Waals surface area contributed by atoms with Gasteiger partial charge in [0.15, 0.2) is 0 Å². The zero-order valence-corrected chi connectivity index (χ0v) is 26.9. The number of carboxylic acids is 1. The highest BCUT2D eigenvalue weighted by Gasteiger charge is 2.34. The number of rotatable bonds is 13. The highest BCUT2D eigenvalue weighted by molar-refractivity contribution is 6.21. The molecule has 5 rings (SSSR count). The van der Waals surface area contributed by atoms with E-state index in [1.54, 1.807) is 24.1 Å². The number of nitrogens with one attached hydrogen (secondary N) is 2. The Morgan fingerprint density at radius 1 is 1.04 bits per heavy atom. The second kappa shape index (κ2) is 14.7. The van der Waals surface area contributed by atoms with Crippen molar-refractivity contribution in [1.82, 2.24) is 4.90 Å². The molecule has 1 saturated heterocycles. The van der Waals surface area contributed by atoms with Gasteiger partial charge < -0.3 is 30.1 Å². The van der Waals surface area contributed by atoms with Crippen molar-refractivity contribution in [3.8, 4) is 11.5 Å². The number of allylic oxidation sites excluding steroid dienone is 1. The number of methoxy groups -OCH3 is 1. The molecule has 1 heterocycles. The van der Waals surface area contributed by atoms with E-state index in [0.29, 0.717) is 30.4 Å². The molecule has 0 radical (unpaired) electrons. The Hall–Kier alpha value is -4.17. The Morgan fingerprint density at radius 2 is 1.78 bits per heavy atom. The molecule has 0 spiro atoms. The number of ether oxygens (including phenoxy) is 2. The molecular weight excluding hydrogens is 590 g/mol. The van der Waals surface area contributed by atoms with Gasteiger partial charge in [0, 0.05) is 12.2 Å². The number of halogens is 1. The first-order chi connectivity index (χ1) is 21.7. The highest BCUT2D eigenvalue weighted by Crippen LogP contribution is 2.35. The van der Waals surface area contributed by atoms with E-state index in [1.807, 2.05) is 18.2 Å². The zero-order valence-electron chi connectivity index (χ0n) is 26.1. The normalized spacial score (nSPS) is 18.1. The second-order valence-electron chi connectivity index (χ2n) is 11.9. The number of hydrogen-bond acceptors (Lipinski definition) is 6. The standard InChI is InChI=1S/C36H42ClN3O5/c1-4-23(2)30-10-5-6-11-31(30)38-35(25-8-7-9-25)39-32-17-12-24(18-33(32)44-3)19-34(41)40-21-27(37)20-28(40)22-45-29-15-13-26(14-16-29)36(42)43/h5-6,10-18,23,27-28,38-39H,4,7-9,19-22H2,1-3H3,(H,42,43)/t23?,27-,28?/m1/s1. The molecule has 3 aromatic rings. The summed E-state index contributed by atoms with van der Waals surface area (Å²) >= 11 is 6.49. The Balaban J connectivity index is 1.26. The van der Waals surface area contributed by atoms with E-state index in [2.05, 4.69) is 48.7 Å². The van der Waals surface area contributed by atoms with Crippen LogP contribution in [0.3, 0.4) is 0 Å². The predicted octanol–water partition coefficient (Wildman–Crippen LogP) is 7.66. The van der Waals surface area contributed by atoms with Crippen molar-refractivity contribution in [2.45, 2.75) is 69.7 Å². The summed E-state index contributed by atoms with van der Waals surface area (Å²) in [4.78, 5) is 26.4. The topological polar surface area (TPSA) is 100 Å². The molecule has 45 heavy (non-hydrogen) atoms. The van der Waals surface area contributed by atoms with Crippen molar-refractivity contribution >= 4 is 34.9 Å². The number of likely N-dealkylation sites (tertiary alicyclic amines) is 1. The third-order valence-electron chi connectivity index (χ3n) is 8.78. The van der Waals surface area contributed by atoms with Crippen LogP contribution in [0, 0.1) is 0 Å². The van der Waals surface area contributed by atoms with Gasteiger partial charge in [-0.15, -0.1) is 11.6 Å². The van der Waals surface area contributed by atoms with E-state index in [-0.39, 0.29) is 35.9 Å². The number of alkyl halides is 1. The molecular formula is C36H42ClN3O5. The van der Waals surface area contributed by atoms with E-state index in [9.17, 15) is 9.59 Å². The smallest absolute Gasteiger partial charge is 0.335 e. The van der Waals surface area contributed by atoms with Gasteiger partial charge in [0.2, 0.25) is 5.91 Å². The van der Waals surface area contributed by atoms with Crippen LogP contribution in [0.1, 0.15) is 73.4 Å². The van der Waals surface area contributed by atoms with Crippen molar-refractivity contribution in [3.05, 3.63) is 94.8 Å². The Labute approximate surface area is 270 Å². The Kier molecular flexibility index (Phi) is 10.6. The number of nitrogens with zero attached hydrogens (tertiary/aromatic N) is 1. The van der Waals surface area contributed by atoms with Crippen LogP contribution in [0.2, 0.25) is 0 Å². The lowest BCUT2D eigenvalue weighted by atomic mass is 9.91. The minimum atomic E-state index is -0.991. The third kappa shape index (κ3) is 7.92. The molecule has 1 saturated carbocycles. The van der Waals surface area contributed by atoms with Crippen LogP contribution in [-0.2, 0) is 11.2 Å². The first-order valence-electron chi connectivity index (χ1n) is 15.7. The van der Waals surface area contributed by atoms with E-state index >= 15 is 0 Å². The van der Waals surface area contributed by atoms with E-state index in [4.69, 9.17) is 26.2 Å². The Bertz CT molecular complexity index is 1530. The van der Waals surface area contributed by atoms with E-state index < -0.39 is 5.97 Å². The maximum absolute atomic E-state index is 13.5.